The quantitative estimate of drug-likeness (QED) is 0.624. The Kier molecular flexibility index (Phi) is 6.02. The molecule has 0 aliphatic carbocycles. The van der Waals surface area contributed by atoms with Crippen molar-refractivity contribution in [1.29, 1.82) is 0 Å². The third kappa shape index (κ3) is 4.90. The molecule has 3 aromatic rings. The minimum Gasteiger partial charge on any atom is -0.355 e. The largest absolute Gasteiger partial charge is 0.355 e. The average Bonchev–Trinajstić information content (AvgIpc) is 3.42. The Balaban J connectivity index is 1.18. The van der Waals surface area contributed by atoms with Gasteiger partial charge in [-0.2, -0.15) is 0 Å². The number of benzene rings is 1. The lowest BCUT2D eigenvalue weighted by Crippen LogP contribution is -2.41. The summed E-state index contributed by atoms with van der Waals surface area (Å²) in [6.45, 7) is 3.19. The zero-order valence-electron chi connectivity index (χ0n) is 15.9. The molecule has 2 N–H and O–H groups in total. The lowest BCUT2D eigenvalue weighted by Gasteiger charge is -2.26. The van der Waals surface area contributed by atoms with Gasteiger partial charge in [-0.3, -0.25) is 14.5 Å². The molecule has 0 radical (unpaired) electrons. The highest BCUT2D eigenvalue weighted by atomic mass is 32.1. The summed E-state index contributed by atoms with van der Waals surface area (Å²) >= 11 is 1.82. The highest BCUT2D eigenvalue weighted by Gasteiger charge is 2.17. The van der Waals surface area contributed by atoms with E-state index >= 15 is 0 Å². The number of hydrogen-bond acceptors (Lipinski definition) is 6. The third-order valence-corrected chi connectivity index (χ3v) is 5.87. The Morgan fingerprint density at radius 3 is 2.90 bits per heavy atom. The highest BCUT2D eigenvalue weighted by molar-refractivity contribution is 7.10. The van der Waals surface area contributed by atoms with Crippen molar-refractivity contribution in [3.05, 3.63) is 64.0 Å². The van der Waals surface area contributed by atoms with E-state index in [4.69, 9.17) is 4.52 Å². The van der Waals surface area contributed by atoms with Crippen LogP contribution in [0.4, 0.5) is 0 Å². The van der Waals surface area contributed by atoms with Crippen molar-refractivity contribution in [2.24, 2.45) is 0 Å². The van der Waals surface area contributed by atoms with Gasteiger partial charge in [0.1, 0.15) is 0 Å². The molecule has 3 heterocycles. The zero-order valence-corrected chi connectivity index (χ0v) is 16.7. The summed E-state index contributed by atoms with van der Waals surface area (Å²) in [5.74, 6) is -0.152. The van der Waals surface area contributed by atoms with Crippen LogP contribution in [0.15, 0.2) is 52.4 Å². The van der Waals surface area contributed by atoms with E-state index in [1.165, 1.54) is 10.4 Å². The maximum atomic E-state index is 12.2. The maximum Gasteiger partial charge on any atom is 0.273 e. The molecule has 1 aliphatic rings. The van der Waals surface area contributed by atoms with Crippen LogP contribution in [-0.4, -0.2) is 48.0 Å². The molecule has 29 heavy (non-hydrogen) atoms. The first-order valence-electron chi connectivity index (χ1n) is 9.53. The minimum absolute atomic E-state index is 0.0962. The number of amides is 2. The average molecular weight is 410 g/mol. The first-order valence-corrected chi connectivity index (χ1v) is 10.4. The monoisotopic (exact) mass is 410 g/mol. The van der Waals surface area contributed by atoms with Crippen LogP contribution in [0.3, 0.4) is 0 Å². The van der Waals surface area contributed by atoms with Crippen LogP contribution >= 0.6 is 11.3 Å². The summed E-state index contributed by atoms with van der Waals surface area (Å²) < 4.78 is 5.21. The van der Waals surface area contributed by atoms with Crippen molar-refractivity contribution in [2.75, 3.05) is 26.2 Å². The van der Waals surface area contributed by atoms with Gasteiger partial charge in [0.25, 0.3) is 5.91 Å². The molecule has 1 aromatic carbocycles. The van der Waals surface area contributed by atoms with Gasteiger partial charge in [-0.1, -0.05) is 35.5 Å². The SMILES string of the molecule is O=C(CNC(=O)c1cc(-c2ccccc2)on1)NCCN1CCc2sccc2C1. The van der Waals surface area contributed by atoms with Gasteiger partial charge in [-0.05, 0) is 23.4 Å². The Morgan fingerprint density at radius 2 is 2.03 bits per heavy atom. The lowest BCUT2D eigenvalue weighted by atomic mass is 10.1. The Morgan fingerprint density at radius 1 is 1.17 bits per heavy atom. The standard InChI is InChI=1S/C21H22N4O3S/c26-20(22-8-10-25-9-6-19-16(14-25)7-11-29-19)13-23-21(27)17-12-18(28-24-17)15-4-2-1-3-5-15/h1-5,7,11-12H,6,8-10,13-14H2,(H,22,26)(H,23,27). The zero-order chi connectivity index (χ0) is 20.1. The van der Waals surface area contributed by atoms with Crippen molar-refractivity contribution < 1.29 is 14.1 Å². The molecule has 0 atom stereocenters. The molecule has 0 saturated heterocycles. The molecular weight excluding hydrogens is 388 g/mol. The van der Waals surface area contributed by atoms with E-state index in [1.807, 2.05) is 41.7 Å². The number of carbonyl (C=O) groups is 2. The van der Waals surface area contributed by atoms with Crippen LogP contribution in [0.25, 0.3) is 11.3 Å². The molecule has 2 amide bonds. The first-order chi connectivity index (χ1) is 14.2. The summed E-state index contributed by atoms with van der Waals surface area (Å²) in [6.07, 6.45) is 1.07. The number of rotatable bonds is 7. The van der Waals surface area contributed by atoms with Crippen LogP contribution in [-0.2, 0) is 17.8 Å². The van der Waals surface area contributed by atoms with Crippen molar-refractivity contribution in [3.8, 4) is 11.3 Å². The molecule has 7 nitrogen and oxygen atoms in total. The molecular formula is C21H22N4O3S. The molecule has 1 aliphatic heterocycles. The summed E-state index contributed by atoms with van der Waals surface area (Å²) in [6, 6.07) is 13.1. The van der Waals surface area contributed by atoms with Crippen molar-refractivity contribution in [3.63, 3.8) is 0 Å². The van der Waals surface area contributed by atoms with E-state index in [9.17, 15) is 9.59 Å². The van der Waals surface area contributed by atoms with Crippen LogP contribution < -0.4 is 10.6 Å². The Hall–Kier alpha value is -2.97. The predicted octanol–water partition coefficient (Wildman–Crippen LogP) is 2.31. The van der Waals surface area contributed by atoms with Gasteiger partial charge in [0.05, 0.1) is 6.54 Å². The van der Waals surface area contributed by atoms with Crippen LogP contribution in [0.5, 0.6) is 0 Å². The van der Waals surface area contributed by atoms with Crippen LogP contribution in [0, 0.1) is 0 Å². The van der Waals surface area contributed by atoms with Gasteiger partial charge < -0.3 is 15.2 Å². The number of fused-ring (bicyclic) bond motifs is 1. The summed E-state index contributed by atoms with van der Waals surface area (Å²) in [5.41, 5.74) is 2.38. The molecule has 2 aromatic heterocycles. The summed E-state index contributed by atoms with van der Waals surface area (Å²) in [7, 11) is 0. The highest BCUT2D eigenvalue weighted by Crippen LogP contribution is 2.23. The van der Waals surface area contributed by atoms with Crippen molar-refractivity contribution in [2.45, 2.75) is 13.0 Å². The van der Waals surface area contributed by atoms with E-state index in [2.05, 4.69) is 32.1 Å². The van der Waals surface area contributed by atoms with E-state index in [-0.39, 0.29) is 18.1 Å². The predicted molar refractivity (Wildman–Crippen MR) is 111 cm³/mol. The van der Waals surface area contributed by atoms with E-state index in [1.54, 1.807) is 6.07 Å². The minimum atomic E-state index is -0.438. The molecule has 4 rings (SSSR count). The van der Waals surface area contributed by atoms with Gasteiger partial charge in [0.2, 0.25) is 5.91 Å². The molecule has 0 unspecified atom stereocenters. The van der Waals surface area contributed by atoms with Gasteiger partial charge >= 0.3 is 0 Å². The number of nitrogens with zero attached hydrogens (tertiary/aromatic N) is 2. The summed E-state index contributed by atoms with van der Waals surface area (Å²) in [5, 5.41) is 11.3. The number of carbonyl (C=O) groups excluding carboxylic acids is 2. The van der Waals surface area contributed by atoms with E-state index in [0.29, 0.717) is 12.3 Å². The Bertz CT molecular complexity index is 983. The Labute approximate surface area is 172 Å². The van der Waals surface area contributed by atoms with E-state index < -0.39 is 5.91 Å². The summed E-state index contributed by atoms with van der Waals surface area (Å²) in [4.78, 5) is 28.0. The smallest absolute Gasteiger partial charge is 0.273 e. The second kappa shape index (κ2) is 9.02. The van der Waals surface area contributed by atoms with Crippen molar-refractivity contribution >= 4 is 23.2 Å². The topological polar surface area (TPSA) is 87.5 Å². The molecule has 0 fully saturated rings. The second-order valence-electron chi connectivity index (χ2n) is 6.87. The van der Waals surface area contributed by atoms with Crippen molar-refractivity contribution in [1.82, 2.24) is 20.7 Å². The fraction of sp³-hybridized carbons (Fsp3) is 0.286. The number of aromatic nitrogens is 1. The number of thiophene rings is 1. The van der Waals surface area contributed by atoms with Gasteiger partial charge in [-0.25, -0.2) is 0 Å². The molecule has 0 spiro atoms. The molecule has 150 valence electrons. The number of hydrogen-bond donors (Lipinski definition) is 2. The van der Waals surface area contributed by atoms with Gasteiger partial charge in [-0.15, -0.1) is 11.3 Å². The molecule has 0 bridgehead atoms. The maximum absolute atomic E-state index is 12.2. The van der Waals surface area contributed by atoms with Gasteiger partial charge in [0.15, 0.2) is 11.5 Å². The first kappa shape index (κ1) is 19.4. The van der Waals surface area contributed by atoms with Gasteiger partial charge in [0, 0.05) is 42.7 Å². The fourth-order valence-corrected chi connectivity index (χ4v) is 4.18. The second-order valence-corrected chi connectivity index (χ2v) is 7.87. The van der Waals surface area contributed by atoms with E-state index in [0.717, 1.165) is 31.6 Å². The normalized spacial score (nSPS) is 13.7. The van der Waals surface area contributed by atoms with Crippen LogP contribution in [0.1, 0.15) is 20.9 Å². The lowest BCUT2D eigenvalue weighted by molar-refractivity contribution is -0.120. The molecule has 0 saturated carbocycles. The van der Waals surface area contributed by atoms with Crippen LogP contribution in [0.2, 0.25) is 0 Å². The number of nitrogens with one attached hydrogen (secondary N) is 2. The fourth-order valence-electron chi connectivity index (χ4n) is 3.29. The molecule has 8 heteroatoms. The third-order valence-electron chi connectivity index (χ3n) is 4.85.